The first-order chi connectivity index (χ1) is 15.0. The van der Waals surface area contributed by atoms with Gasteiger partial charge in [0, 0.05) is 43.1 Å². The number of hydrogen-bond acceptors (Lipinski definition) is 4. The molecule has 2 N–H and O–H groups in total. The molecule has 0 aliphatic carbocycles. The minimum atomic E-state index is -0.194. The van der Waals surface area contributed by atoms with Crippen molar-refractivity contribution in [3.8, 4) is 0 Å². The fraction of sp³-hybridized carbons (Fsp3) is 0.261. The zero-order chi connectivity index (χ0) is 22.0. The number of methoxy groups -OCH3 is 1. The number of anilines is 2. The predicted molar refractivity (Wildman–Crippen MR) is 125 cm³/mol. The maximum absolute atomic E-state index is 11.8. The number of aryl methyl sites for hydroxylation is 1. The number of pyridine rings is 1. The van der Waals surface area contributed by atoms with Gasteiger partial charge in [0.25, 0.3) is 0 Å². The molecule has 0 radical (unpaired) electrons. The number of thiocarbonyl (C=S) groups is 1. The summed E-state index contributed by atoms with van der Waals surface area (Å²) < 4.78 is 7.05. The SMILES string of the molecule is COCC(=O)Nc1ccc(N2C(=S)N[C@H](c3ccccn3)[C@H]2c2ccc(C)n2C)cc1. The molecule has 7 nitrogen and oxygen atoms in total. The molecule has 1 aromatic carbocycles. The third-order valence-corrected chi connectivity index (χ3v) is 5.83. The number of nitrogens with zero attached hydrogens (tertiary/aromatic N) is 3. The third kappa shape index (κ3) is 4.17. The summed E-state index contributed by atoms with van der Waals surface area (Å²) in [4.78, 5) is 18.5. The van der Waals surface area contributed by atoms with Crippen LogP contribution in [0.5, 0.6) is 0 Å². The van der Waals surface area contributed by atoms with Gasteiger partial charge >= 0.3 is 0 Å². The van der Waals surface area contributed by atoms with Gasteiger partial charge in [-0.2, -0.15) is 0 Å². The summed E-state index contributed by atoms with van der Waals surface area (Å²) >= 11 is 5.76. The fourth-order valence-electron chi connectivity index (χ4n) is 3.90. The Morgan fingerprint density at radius 3 is 2.58 bits per heavy atom. The zero-order valence-corrected chi connectivity index (χ0v) is 18.5. The lowest BCUT2D eigenvalue weighted by Gasteiger charge is -2.28. The predicted octanol–water partition coefficient (Wildman–Crippen LogP) is 3.49. The van der Waals surface area contributed by atoms with Gasteiger partial charge in [-0.15, -0.1) is 0 Å². The normalized spacial score (nSPS) is 18.2. The molecule has 1 aliphatic rings. The molecule has 0 bridgehead atoms. The van der Waals surface area contributed by atoms with Crippen LogP contribution < -0.4 is 15.5 Å². The minimum absolute atomic E-state index is 0.0164. The Hall–Kier alpha value is -3.23. The first-order valence-electron chi connectivity index (χ1n) is 10.0. The molecule has 160 valence electrons. The number of ether oxygens (including phenoxy) is 1. The number of hydrogen-bond donors (Lipinski definition) is 2. The van der Waals surface area contributed by atoms with Gasteiger partial charge in [-0.3, -0.25) is 9.78 Å². The molecule has 2 atom stereocenters. The summed E-state index contributed by atoms with van der Waals surface area (Å²) in [6, 6.07) is 17.6. The van der Waals surface area contributed by atoms with Gasteiger partial charge in [0.1, 0.15) is 12.6 Å². The first kappa shape index (κ1) is 21.0. The highest BCUT2D eigenvalue weighted by Gasteiger charge is 2.41. The van der Waals surface area contributed by atoms with Gasteiger partial charge in [0.05, 0.1) is 11.7 Å². The van der Waals surface area contributed by atoms with E-state index in [0.717, 1.165) is 17.1 Å². The van der Waals surface area contributed by atoms with Gasteiger partial charge in [-0.05, 0) is 67.7 Å². The van der Waals surface area contributed by atoms with Gasteiger partial charge < -0.3 is 24.8 Å². The highest BCUT2D eigenvalue weighted by atomic mass is 32.1. The number of carbonyl (C=O) groups excluding carboxylic acids is 1. The topological polar surface area (TPSA) is 71.4 Å². The van der Waals surface area contributed by atoms with Gasteiger partial charge in [-0.1, -0.05) is 6.07 Å². The summed E-state index contributed by atoms with van der Waals surface area (Å²) in [5.74, 6) is -0.194. The van der Waals surface area contributed by atoms with E-state index in [4.69, 9.17) is 17.0 Å². The number of carbonyl (C=O) groups is 1. The number of nitrogens with one attached hydrogen (secondary N) is 2. The van der Waals surface area contributed by atoms with E-state index in [-0.39, 0.29) is 24.6 Å². The van der Waals surface area contributed by atoms with Crippen molar-refractivity contribution in [3.63, 3.8) is 0 Å². The van der Waals surface area contributed by atoms with Crippen LogP contribution in [0.3, 0.4) is 0 Å². The maximum Gasteiger partial charge on any atom is 0.250 e. The van der Waals surface area contributed by atoms with Crippen molar-refractivity contribution in [2.75, 3.05) is 23.9 Å². The van der Waals surface area contributed by atoms with Crippen molar-refractivity contribution in [2.45, 2.75) is 19.0 Å². The second-order valence-electron chi connectivity index (χ2n) is 7.48. The molecule has 4 rings (SSSR count). The van der Waals surface area contributed by atoms with Crippen LogP contribution in [0.25, 0.3) is 0 Å². The van der Waals surface area contributed by atoms with E-state index in [1.165, 1.54) is 12.8 Å². The highest BCUT2D eigenvalue weighted by Crippen LogP contribution is 2.41. The quantitative estimate of drug-likeness (QED) is 0.578. The van der Waals surface area contributed by atoms with Crippen LogP contribution >= 0.6 is 12.2 Å². The summed E-state index contributed by atoms with van der Waals surface area (Å²) in [6.07, 6.45) is 1.80. The lowest BCUT2D eigenvalue weighted by Crippen LogP contribution is -2.30. The van der Waals surface area contributed by atoms with Crippen LogP contribution in [0.2, 0.25) is 0 Å². The largest absolute Gasteiger partial charge is 0.375 e. The molecule has 31 heavy (non-hydrogen) atoms. The Morgan fingerprint density at radius 1 is 1.19 bits per heavy atom. The number of rotatable bonds is 6. The van der Waals surface area contributed by atoms with E-state index in [1.54, 1.807) is 6.20 Å². The zero-order valence-electron chi connectivity index (χ0n) is 17.7. The summed E-state index contributed by atoms with van der Waals surface area (Å²) in [5, 5.41) is 6.91. The summed E-state index contributed by atoms with van der Waals surface area (Å²) in [5.41, 5.74) is 4.88. The number of amides is 1. The molecule has 0 saturated carbocycles. The monoisotopic (exact) mass is 435 g/mol. The van der Waals surface area contributed by atoms with E-state index < -0.39 is 0 Å². The van der Waals surface area contributed by atoms with Crippen LogP contribution in [0.1, 0.15) is 29.2 Å². The fourth-order valence-corrected chi connectivity index (χ4v) is 4.24. The van der Waals surface area contributed by atoms with Crippen molar-refractivity contribution in [3.05, 3.63) is 77.9 Å². The Morgan fingerprint density at radius 2 is 1.97 bits per heavy atom. The molecule has 1 amide bonds. The average Bonchev–Trinajstić information content (AvgIpc) is 3.28. The van der Waals surface area contributed by atoms with Crippen molar-refractivity contribution in [1.82, 2.24) is 14.9 Å². The lowest BCUT2D eigenvalue weighted by atomic mass is 10.0. The van der Waals surface area contributed by atoms with E-state index in [1.807, 2.05) is 42.5 Å². The van der Waals surface area contributed by atoms with Crippen LogP contribution in [-0.4, -0.2) is 34.3 Å². The molecule has 8 heteroatoms. The summed E-state index contributed by atoms with van der Waals surface area (Å²) in [6.45, 7) is 2.10. The van der Waals surface area contributed by atoms with Gasteiger partial charge in [0.2, 0.25) is 5.91 Å². The number of aromatic nitrogens is 2. The van der Waals surface area contributed by atoms with Gasteiger partial charge in [-0.25, -0.2) is 0 Å². The maximum atomic E-state index is 11.8. The lowest BCUT2D eigenvalue weighted by molar-refractivity contribution is -0.119. The first-order valence-corrected chi connectivity index (χ1v) is 10.4. The molecule has 3 heterocycles. The molecular weight excluding hydrogens is 410 g/mol. The Balaban J connectivity index is 1.70. The standard InChI is InChI=1S/C23H25N5O2S/c1-15-7-12-19(27(15)2)22-21(18-6-4-5-13-24-18)26-23(31)28(22)17-10-8-16(9-11-17)25-20(29)14-30-3/h4-13,21-22H,14H2,1-3H3,(H,25,29)(H,26,31)/t21-,22-/m1/s1. The van der Waals surface area contributed by atoms with Crippen molar-refractivity contribution in [1.29, 1.82) is 0 Å². The molecule has 2 aromatic heterocycles. The van der Waals surface area contributed by atoms with Crippen LogP contribution in [0.15, 0.2) is 60.8 Å². The molecule has 1 aliphatic heterocycles. The highest BCUT2D eigenvalue weighted by molar-refractivity contribution is 7.80. The smallest absolute Gasteiger partial charge is 0.250 e. The molecule has 0 spiro atoms. The molecule has 3 aromatic rings. The molecular formula is C23H25N5O2S. The third-order valence-electron chi connectivity index (χ3n) is 5.52. The second-order valence-corrected chi connectivity index (χ2v) is 7.87. The van der Waals surface area contributed by atoms with Crippen LogP contribution in [0.4, 0.5) is 11.4 Å². The van der Waals surface area contributed by atoms with Gasteiger partial charge in [0.15, 0.2) is 5.11 Å². The van der Waals surface area contributed by atoms with E-state index >= 15 is 0 Å². The molecule has 1 saturated heterocycles. The Bertz CT molecular complexity index is 1080. The van der Waals surface area contributed by atoms with E-state index in [0.29, 0.717) is 10.8 Å². The van der Waals surface area contributed by atoms with Crippen molar-refractivity contribution < 1.29 is 9.53 Å². The van der Waals surface area contributed by atoms with Crippen molar-refractivity contribution in [2.24, 2.45) is 7.05 Å². The Labute approximate surface area is 187 Å². The number of benzene rings is 1. The van der Waals surface area contributed by atoms with E-state index in [9.17, 15) is 4.79 Å². The average molecular weight is 436 g/mol. The molecule has 1 fully saturated rings. The summed E-state index contributed by atoms with van der Waals surface area (Å²) in [7, 11) is 3.56. The second kappa shape index (κ2) is 8.87. The van der Waals surface area contributed by atoms with Crippen LogP contribution in [-0.2, 0) is 16.6 Å². The Kier molecular flexibility index (Phi) is 6.01. The van der Waals surface area contributed by atoms with Crippen molar-refractivity contribution >= 4 is 34.6 Å². The molecule has 0 unspecified atom stereocenters. The van der Waals surface area contributed by atoms with Crippen LogP contribution in [0, 0.1) is 6.92 Å². The van der Waals surface area contributed by atoms with E-state index in [2.05, 4.69) is 51.2 Å². The minimum Gasteiger partial charge on any atom is -0.375 e.